The number of carbonyl (C=O) groups excluding carboxylic acids is 2. The van der Waals surface area contributed by atoms with Gasteiger partial charge in [-0.15, -0.1) is 0 Å². The molecular formula is C17H18N2O4S3. The molecule has 9 heteroatoms. The molecule has 1 N–H and O–H groups in total. The highest BCUT2D eigenvalue weighted by Gasteiger charge is 2.33. The predicted molar refractivity (Wildman–Crippen MR) is 106 cm³/mol. The number of thioether (sulfide) groups is 1. The normalized spacial score (nSPS) is 23.6. The molecular weight excluding hydrogens is 392 g/mol. The van der Waals surface area contributed by atoms with Crippen molar-refractivity contribution in [2.45, 2.75) is 18.9 Å². The van der Waals surface area contributed by atoms with Gasteiger partial charge in [-0.1, -0.05) is 54.3 Å². The Labute approximate surface area is 161 Å². The van der Waals surface area contributed by atoms with Gasteiger partial charge in [0.1, 0.15) is 4.32 Å². The van der Waals surface area contributed by atoms with Gasteiger partial charge in [0, 0.05) is 19.0 Å². The summed E-state index contributed by atoms with van der Waals surface area (Å²) in [5, 5.41) is 2.72. The van der Waals surface area contributed by atoms with Crippen LogP contribution in [0, 0.1) is 0 Å². The highest BCUT2D eigenvalue weighted by Crippen LogP contribution is 2.32. The van der Waals surface area contributed by atoms with E-state index in [4.69, 9.17) is 12.2 Å². The quantitative estimate of drug-likeness (QED) is 0.586. The molecule has 0 aromatic heterocycles. The number of hydrogen-bond acceptors (Lipinski definition) is 6. The molecule has 2 aliphatic heterocycles. The molecule has 1 atom stereocenters. The Hall–Kier alpha value is -1.71. The summed E-state index contributed by atoms with van der Waals surface area (Å²) < 4.78 is 23.3. The number of nitrogens with zero attached hydrogens (tertiary/aromatic N) is 1. The summed E-state index contributed by atoms with van der Waals surface area (Å²) >= 11 is 6.47. The number of benzene rings is 1. The minimum atomic E-state index is -3.04. The molecule has 0 radical (unpaired) electrons. The van der Waals surface area contributed by atoms with Gasteiger partial charge in [-0.25, -0.2) is 8.42 Å². The van der Waals surface area contributed by atoms with Crippen molar-refractivity contribution in [2.24, 2.45) is 0 Å². The fourth-order valence-electron chi connectivity index (χ4n) is 2.82. The van der Waals surface area contributed by atoms with Crippen molar-refractivity contribution >= 4 is 56.0 Å². The fourth-order valence-corrected chi connectivity index (χ4v) is 5.80. The molecule has 3 rings (SSSR count). The van der Waals surface area contributed by atoms with Crippen molar-refractivity contribution < 1.29 is 18.0 Å². The van der Waals surface area contributed by atoms with Crippen LogP contribution in [-0.2, 0) is 19.4 Å². The predicted octanol–water partition coefficient (Wildman–Crippen LogP) is 1.58. The fraction of sp³-hybridized carbons (Fsp3) is 0.353. The van der Waals surface area contributed by atoms with E-state index >= 15 is 0 Å². The van der Waals surface area contributed by atoms with Crippen LogP contribution in [0.5, 0.6) is 0 Å². The van der Waals surface area contributed by atoms with E-state index in [1.165, 1.54) is 16.7 Å². The number of sulfone groups is 1. The first-order chi connectivity index (χ1) is 12.3. The van der Waals surface area contributed by atoms with Crippen LogP contribution < -0.4 is 5.32 Å². The monoisotopic (exact) mass is 410 g/mol. The van der Waals surface area contributed by atoms with Gasteiger partial charge in [-0.05, 0) is 18.1 Å². The van der Waals surface area contributed by atoms with Gasteiger partial charge in [0.05, 0.1) is 16.4 Å². The van der Waals surface area contributed by atoms with Crippen LogP contribution in [0.25, 0.3) is 6.08 Å². The summed E-state index contributed by atoms with van der Waals surface area (Å²) in [5.74, 6) is -0.385. The zero-order valence-electron chi connectivity index (χ0n) is 13.9. The van der Waals surface area contributed by atoms with E-state index in [9.17, 15) is 18.0 Å². The Bertz CT molecular complexity index is 865. The largest absolute Gasteiger partial charge is 0.352 e. The molecule has 1 aromatic carbocycles. The van der Waals surface area contributed by atoms with E-state index in [0.717, 1.165) is 5.56 Å². The van der Waals surface area contributed by atoms with Crippen molar-refractivity contribution in [1.82, 2.24) is 10.2 Å². The Morgan fingerprint density at radius 2 is 2.08 bits per heavy atom. The topological polar surface area (TPSA) is 83.6 Å². The lowest BCUT2D eigenvalue weighted by Crippen LogP contribution is -2.38. The maximum Gasteiger partial charge on any atom is 0.266 e. The molecule has 0 unspecified atom stereocenters. The lowest BCUT2D eigenvalue weighted by molar-refractivity contribution is -0.124. The first-order valence-corrected chi connectivity index (χ1v) is 11.2. The third-order valence-corrected chi connectivity index (χ3v) is 7.28. The summed E-state index contributed by atoms with van der Waals surface area (Å²) in [4.78, 5) is 26.5. The lowest BCUT2D eigenvalue weighted by Gasteiger charge is -2.15. The Balaban J connectivity index is 1.55. The lowest BCUT2D eigenvalue weighted by atomic mass is 10.2. The molecule has 2 heterocycles. The van der Waals surface area contributed by atoms with Crippen LogP contribution >= 0.6 is 24.0 Å². The molecule has 2 saturated heterocycles. The van der Waals surface area contributed by atoms with E-state index in [0.29, 0.717) is 15.6 Å². The maximum absolute atomic E-state index is 12.5. The van der Waals surface area contributed by atoms with Crippen molar-refractivity contribution in [3.63, 3.8) is 0 Å². The third kappa shape index (κ3) is 4.72. The van der Waals surface area contributed by atoms with Crippen LogP contribution in [0.15, 0.2) is 35.2 Å². The molecule has 0 aliphatic carbocycles. The van der Waals surface area contributed by atoms with Gasteiger partial charge in [-0.3, -0.25) is 14.5 Å². The zero-order chi connectivity index (χ0) is 18.7. The maximum atomic E-state index is 12.5. The summed E-state index contributed by atoms with van der Waals surface area (Å²) in [6, 6.07) is 9.14. The number of carbonyl (C=O) groups is 2. The standard InChI is InChI=1S/C17H18N2O4S3/c20-15(18-13-7-9-26(22,23)11-13)6-8-19-16(21)14(25-17(19)24)10-12-4-2-1-3-5-12/h1-5,10,13H,6-9,11H2,(H,18,20)/b14-10-/t13-/m1/s1. The van der Waals surface area contributed by atoms with Gasteiger partial charge in [-0.2, -0.15) is 0 Å². The minimum absolute atomic E-state index is 0.0143. The van der Waals surface area contributed by atoms with Crippen LogP contribution in [0.2, 0.25) is 0 Å². The molecule has 1 aromatic rings. The summed E-state index contributed by atoms with van der Waals surface area (Å²) in [6.07, 6.45) is 2.30. The Kier molecular flexibility index (Phi) is 5.79. The second kappa shape index (κ2) is 7.89. The van der Waals surface area contributed by atoms with E-state index < -0.39 is 9.84 Å². The summed E-state index contributed by atoms with van der Waals surface area (Å²) in [7, 11) is -3.04. The van der Waals surface area contributed by atoms with Crippen LogP contribution in [-0.4, -0.2) is 53.5 Å². The second-order valence-corrected chi connectivity index (χ2v) is 10.1. The SMILES string of the molecule is O=C(CCN1C(=O)/C(=C/c2ccccc2)SC1=S)N[C@@H]1CCS(=O)(=O)C1. The molecule has 0 bridgehead atoms. The summed E-state index contributed by atoms with van der Waals surface area (Å²) in [6.45, 7) is 0.183. The molecule has 0 saturated carbocycles. The van der Waals surface area contributed by atoms with Gasteiger partial charge in [0.15, 0.2) is 9.84 Å². The van der Waals surface area contributed by atoms with Gasteiger partial charge >= 0.3 is 0 Å². The summed E-state index contributed by atoms with van der Waals surface area (Å²) in [5.41, 5.74) is 0.910. The smallest absolute Gasteiger partial charge is 0.266 e. The van der Waals surface area contributed by atoms with Crippen molar-refractivity contribution in [1.29, 1.82) is 0 Å². The number of nitrogens with one attached hydrogen (secondary N) is 1. The molecule has 138 valence electrons. The first kappa shape index (κ1) is 19.1. The minimum Gasteiger partial charge on any atom is -0.352 e. The Morgan fingerprint density at radius 1 is 1.35 bits per heavy atom. The molecule has 2 aliphatic rings. The highest BCUT2D eigenvalue weighted by molar-refractivity contribution is 8.26. The molecule has 0 spiro atoms. The van der Waals surface area contributed by atoms with Crippen LogP contribution in [0.4, 0.5) is 0 Å². The van der Waals surface area contributed by atoms with Crippen molar-refractivity contribution in [2.75, 3.05) is 18.1 Å². The number of thiocarbonyl (C=S) groups is 1. The second-order valence-electron chi connectivity index (χ2n) is 6.16. The number of rotatable bonds is 5. The van der Waals surface area contributed by atoms with Gasteiger partial charge in [0.25, 0.3) is 5.91 Å². The molecule has 2 fully saturated rings. The van der Waals surface area contributed by atoms with Crippen molar-refractivity contribution in [3.8, 4) is 0 Å². The first-order valence-electron chi connectivity index (χ1n) is 8.14. The average molecular weight is 411 g/mol. The average Bonchev–Trinajstić information content (AvgIpc) is 3.06. The zero-order valence-corrected chi connectivity index (χ0v) is 16.3. The van der Waals surface area contributed by atoms with Crippen LogP contribution in [0.3, 0.4) is 0 Å². The molecule has 6 nitrogen and oxygen atoms in total. The highest BCUT2D eigenvalue weighted by atomic mass is 32.2. The van der Waals surface area contributed by atoms with E-state index in [-0.39, 0.29) is 42.3 Å². The van der Waals surface area contributed by atoms with E-state index in [1.54, 1.807) is 6.08 Å². The van der Waals surface area contributed by atoms with E-state index in [1.807, 2.05) is 30.3 Å². The number of hydrogen-bond donors (Lipinski definition) is 1. The van der Waals surface area contributed by atoms with Crippen molar-refractivity contribution in [3.05, 3.63) is 40.8 Å². The van der Waals surface area contributed by atoms with Gasteiger partial charge in [0.2, 0.25) is 5.91 Å². The third-order valence-electron chi connectivity index (χ3n) is 4.13. The Morgan fingerprint density at radius 3 is 2.73 bits per heavy atom. The number of amides is 2. The van der Waals surface area contributed by atoms with E-state index in [2.05, 4.69) is 5.32 Å². The molecule has 26 heavy (non-hydrogen) atoms. The van der Waals surface area contributed by atoms with Gasteiger partial charge < -0.3 is 5.32 Å². The van der Waals surface area contributed by atoms with Crippen LogP contribution in [0.1, 0.15) is 18.4 Å². The molecule has 2 amide bonds.